The van der Waals surface area contributed by atoms with Crippen LogP contribution in [0.1, 0.15) is 10.4 Å². The van der Waals surface area contributed by atoms with Crippen molar-refractivity contribution in [2.24, 2.45) is 0 Å². The fourth-order valence-electron chi connectivity index (χ4n) is 3.03. The van der Waals surface area contributed by atoms with Crippen LogP contribution in [0.2, 0.25) is 0 Å². The van der Waals surface area contributed by atoms with Crippen molar-refractivity contribution in [3.05, 3.63) is 84.6 Å². The van der Waals surface area contributed by atoms with Gasteiger partial charge in [0.1, 0.15) is 22.8 Å². The molecule has 0 fully saturated rings. The van der Waals surface area contributed by atoms with E-state index in [0.29, 0.717) is 34.2 Å². The number of nitrogens with one attached hydrogen (secondary N) is 1. The average Bonchev–Trinajstić information content (AvgIpc) is 2.80. The van der Waals surface area contributed by atoms with Crippen molar-refractivity contribution in [2.75, 3.05) is 19.5 Å². The highest BCUT2D eigenvalue weighted by molar-refractivity contribution is 6.04. The minimum Gasteiger partial charge on any atom is -0.497 e. The van der Waals surface area contributed by atoms with E-state index in [1.807, 2.05) is 30.3 Å². The summed E-state index contributed by atoms with van der Waals surface area (Å²) in [7, 11) is 3.08. The number of anilines is 1. The van der Waals surface area contributed by atoms with Gasteiger partial charge in [0.25, 0.3) is 5.91 Å². The Bertz CT molecular complexity index is 1160. The third kappa shape index (κ3) is 4.17. The first-order chi connectivity index (χ1) is 14.7. The highest BCUT2D eigenvalue weighted by atomic mass is 16.5. The smallest absolute Gasteiger partial charge is 0.255 e. The fourth-order valence-corrected chi connectivity index (χ4v) is 3.03. The molecule has 150 valence electrons. The number of fused-ring (bicyclic) bond motifs is 1. The minimum absolute atomic E-state index is 0.265. The minimum atomic E-state index is -0.265. The van der Waals surface area contributed by atoms with Gasteiger partial charge in [-0.2, -0.15) is 0 Å². The molecule has 3 aromatic carbocycles. The Hall–Kier alpha value is -4.06. The van der Waals surface area contributed by atoms with E-state index in [9.17, 15) is 4.79 Å². The second kappa shape index (κ2) is 8.53. The van der Waals surface area contributed by atoms with E-state index >= 15 is 0 Å². The molecule has 1 amide bonds. The van der Waals surface area contributed by atoms with E-state index in [0.717, 1.165) is 10.9 Å². The number of hydrogen-bond acceptors (Lipinski definition) is 5. The Kier molecular flexibility index (Phi) is 5.48. The molecule has 0 atom stereocenters. The Balaban J connectivity index is 1.49. The van der Waals surface area contributed by atoms with Crippen LogP contribution in [0.3, 0.4) is 0 Å². The molecule has 0 aliphatic rings. The lowest BCUT2D eigenvalue weighted by Crippen LogP contribution is -2.12. The molecular formula is C24H20N2O4. The first-order valence-corrected chi connectivity index (χ1v) is 9.32. The summed E-state index contributed by atoms with van der Waals surface area (Å²) in [4.78, 5) is 17.0. The molecule has 1 N–H and O–H groups in total. The molecule has 6 nitrogen and oxygen atoms in total. The van der Waals surface area contributed by atoms with Crippen molar-refractivity contribution in [1.82, 2.24) is 4.98 Å². The van der Waals surface area contributed by atoms with Gasteiger partial charge in [-0.15, -0.1) is 0 Å². The van der Waals surface area contributed by atoms with Gasteiger partial charge in [-0.1, -0.05) is 18.2 Å². The zero-order chi connectivity index (χ0) is 20.9. The third-order valence-electron chi connectivity index (χ3n) is 4.55. The molecule has 0 saturated carbocycles. The van der Waals surface area contributed by atoms with Crippen molar-refractivity contribution in [1.29, 1.82) is 0 Å². The van der Waals surface area contributed by atoms with Gasteiger partial charge >= 0.3 is 0 Å². The number of amides is 1. The second-order valence-electron chi connectivity index (χ2n) is 6.51. The molecule has 6 heteroatoms. The maximum atomic E-state index is 12.6. The highest BCUT2D eigenvalue weighted by Crippen LogP contribution is 2.29. The summed E-state index contributed by atoms with van der Waals surface area (Å²) in [5.74, 6) is 2.15. The summed E-state index contributed by atoms with van der Waals surface area (Å²) in [6.45, 7) is 0. The van der Waals surface area contributed by atoms with Crippen LogP contribution in [0, 0.1) is 0 Å². The molecule has 4 rings (SSSR count). The predicted octanol–water partition coefficient (Wildman–Crippen LogP) is 5.30. The van der Waals surface area contributed by atoms with Gasteiger partial charge in [0.15, 0.2) is 5.75 Å². The number of ether oxygens (including phenoxy) is 3. The number of carbonyl (C=O) groups excluding carboxylic acids is 1. The molecule has 0 spiro atoms. The molecule has 0 aliphatic carbocycles. The summed E-state index contributed by atoms with van der Waals surface area (Å²) in [6.07, 6.45) is 1.74. The van der Waals surface area contributed by atoms with Gasteiger partial charge in [0, 0.05) is 28.9 Å². The SMILES string of the molecule is COc1cc(OC)cc(C(=O)Nc2ccc(Oc3cccc4cccnc34)cc2)c1. The summed E-state index contributed by atoms with van der Waals surface area (Å²) < 4.78 is 16.4. The van der Waals surface area contributed by atoms with E-state index < -0.39 is 0 Å². The Labute approximate surface area is 174 Å². The van der Waals surface area contributed by atoms with E-state index in [1.54, 1.807) is 62.9 Å². The Morgan fingerprint density at radius 2 is 1.53 bits per heavy atom. The van der Waals surface area contributed by atoms with Crippen LogP contribution in [0.5, 0.6) is 23.0 Å². The Morgan fingerprint density at radius 3 is 2.23 bits per heavy atom. The largest absolute Gasteiger partial charge is 0.497 e. The van der Waals surface area contributed by atoms with Gasteiger partial charge in [-0.25, -0.2) is 0 Å². The summed E-state index contributed by atoms with van der Waals surface area (Å²) in [5.41, 5.74) is 1.88. The molecule has 4 aromatic rings. The van der Waals surface area contributed by atoms with E-state index in [2.05, 4.69) is 10.3 Å². The zero-order valence-corrected chi connectivity index (χ0v) is 16.6. The van der Waals surface area contributed by atoms with Crippen LogP contribution in [0.15, 0.2) is 79.0 Å². The van der Waals surface area contributed by atoms with Crippen molar-refractivity contribution < 1.29 is 19.0 Å². The van der Waals surface area contributed by atoms with Crippen LogP contribution in [-0.4, -0.2) is 25.1 Å². The molecule has 1 heterocycles. The maximum absolute atomic E-state index is 12.6. The predicted molar refractivity (Wildman–Crippen MR) is 116 cm³/mol. The quantitative estimate of drug-likeness (QED) is 0.476. The topological polar surface area (TPSA) is 69.7 Å². The molecule has 30 heavy (non-hydrogen) atoms. The third-order valence-corrected chi connectivity index (χ3v) is 4.55. The zero-order valence-electron chi connectivity index (χ0n) is 16.6. The number of para-hydroxylation sites is 1. The summed E-state index contributed by atoms with van der Waals surface area (Å²) in [6, 6.07) is 21.8. The standard InChI is InChI=1S/C24H20N2O4/c1-28-20-13-17(14-21(15-20)29-2)24(27)26-18-8-10-19(11-9-18)30-22-7-3-5-16-6-4-12-25-23(16)22/h3-15H,1-2H3,(H,26,27). The van der Waals surface area contributed by atoms with Gasteiger partial charge in [0.2, 0.25) is 0 Å². The van der Waals surface area contributed by atoms with Gasteiger partial charge in [-0.05, 0) is 48.5 Å². The van der Waals surface area contributed by atoms with Gasteiger partial charge in [0.05, 0.1) is 14.2 Å². The maximum Gasteiger partial charge on any atom is 0.255 e. The number of carbonyl (C=O) groups is 1. The lowest BCUT2D eigenvalue weighted by atomic mass is 10.1. The normalized spacial score (nSPS) is 10.5. The van der Waals surface area contributed by atoms with Crippen LogP contribution >= 0.6 is 0 Å². The number of nitrogens with zero attached hydrogens (tertiary/aromatic N) is 1. The number of benzene rings is 3. The summed E-state index contributed by atoms with van der Waals surface area (Å²) in [5, 5.41) is 3.87. The van der Waals surface area contributed by atoms with E-state index in [-0.39, 0.29) is 5.91 Å². The van der Waals surface area contributed by atoms with Crippen LogP contribution in [-0.2, 0) is 0 Å². The van der Waals surface area contributed by atoms with Crippen molar-refractivity contribution in [3.63, 3.8) is 0 Å². The molecular weight excluding hydrogens is 380 g/mol. The molecule has 0 saturated heterocycles. The van der Waals surface area contributed by atoms with Crippen LogP contribution < -0.4 is 19.5 Å². The average molecular weight is 400 g/mol. The van der Waals surface area contributed by atoms with Gasteiger partial charge < -0.3 is 19.5 Å². The van der Waals surface area contributed by atoms with E-state index in [4.69, 9.17) is 14.2 Å². The molecule has 0 unspecified atom stereocenters. The lowest BCUT2D eigenvalue weighted by molar-refractivity contribution is 0.102. The van der Waals surface area contributed by atoms with Crippen LogP contribution in [0.4, 0.5) is 5.69 Å². The van der Waals surface area contributed by atoms with E-state index in [1.165, 1.54) is 0 Å². The molecule has 0 bridgehead atoms. The van der Waals surface area contributed by atoms with Crippen LogP contribution in [0.25, 0.3) is 10.9 Å². The monoisotopic (exact) mass is 400 g/mol. The molecule has 1 aromatic heterocycles. The second-order valence-corrected chi connectivity index (χ2v) is 6.51. The Morgan fingerprint density at radius 1 is 0.833 bits per heavy atom. The number of aromatic nitrogens is 1. The highest BCUT2D eigenvalue weighted by Gasteiger charge is 2.11. The summed E-state index contributed by atoms with van der Waals surface area (Å²) >= 11 is 0. The van der Waals surface area contributed by atoms with Crippen molar-refractivity contribution in [2.45, 2.75) is 0 Å². The number of rotatable bonds is 6. The molecule has 0 aliphatic heterocycles. The van der Waals surface area contributed by atoms with Crippen molar-refractivity contribution >= 4 is 22.5 Å². The number of hydrogen-bond donors (Lipinski definition) is 1. The lowest BCUT2D eigenvalue weighted by Gasteiger charge is -2.11. The van der Waals surface area contributed by atoms with Gasteiger partial charge in [-0.3, -0.25) is 9.78 Å². The first kappa shape index (κ1) is 19.3. The van der Waals surface area contributed by atoms with Crippen molar-refractivity contribution in [3.8, 4) is 23.0 Å². The number of pyridine rings is 1. The molecule has 0 radical (unpaired) electrons. The number of methoxy groups -OCH3 is 2. The first-order valence-electron chi connectivity index (χ1n) is 9.32. The fraction of sp³-hybridized carbons (Fsp3) is 0.0833.